The Hall–Kier alpha value is -0.866. The molecule has 5 heteroatoms. The Balaban J connectivity index is -0.0000000594. The number of aliphatic hydroxyl groups excluding tert-OH is 2. The monoisotopic (exact) mass is 308 g/mol. The molecular formula is C14H28O4Ti. The molecule has 0 bridgehead atoms. The summed E-state index contributed by atoms with van der Waals surface area (Å²) >= 11 is 0. The minimum atomic E-state index is 0. The van der Waals surface area contributed by atoms with Gasteiger partial charge in [0.25, 0.3) is 0 Å². The Morgan fingerprint density at radius 3 is 1.11 bits per heavy atom. The molecule has 0 spiro atoms. The summed E-state index contributed by atoms with van der Waals surface area (Å²) in [5.74, 6) is 0.712. The van der Waals surface area contributed by atoms with Gasteiger partial charge in [-0.05, 0) is 13.8 Å². The van der Waals surface area contributed by atoms with Crippen molar-refractivity contribution in [2.24, 2.45) is 0 Å². The second kappa shape index (κ2) is 19.5. The summed E-state index contributed by atoms with van der Waals surface area (Å²) in [5.41, 5.74) is 0. The Bertz CT molecular complexity index is 256. The molecule has 0 unspecified atom stereocenters. The predicted octanol–water partition coefficient (Wildman–Crippen LogP) is 3.70. The fourth-order valence-electron chi connectivity index (χ4n) is 0.686. The molecule has 4 nitrogen and oxygen atoms in total. The quantitative estimate of drug-likeness (QED) is 0.273. The maximum absolute atomic E-state index is 8.71. The number of hydrogen-bond acceptors (Lipinski definition) is 2. The van der Waals surface area contributed by atoms with Gasteiger partial charge in [0.05, 0.1) is 36.5 Å². The number of rotatable bonds is 4. The summed E-state index contributed by atoms with van der Waals surface area (Å²) in [5, 5.41) is 17.1. The normalized spacial score (nSPS) is 9.68. The van der Waals surface area contributed by atoms with Crippen LogP contribution >= 0.6 is 0 Å². The van der Waals surface area contributed by atoms with Crippen molar-refractivity contribution in [1.82, 2.24) is 0 Å². The van der Waals surface area contributed by atoms with Gasteiger partial charge in [-0.1, -0.05) is 13.8 Å². The second-order valence-corrected chi connectivity index (χ2v) is 3.26. The van der Waals surface area contributed by atoms with Crippen molar-refractivity contribution in [1.29, 1.82) is 0 Å². The van der Waals surface area contributed by atoms with Crippen LogP contribution in [0.2, 0.25) is 0 Å². The molecule has 0 radical (unpaired) electrons. The molecular weight excluding hydrogens is 280 g/mol. The smallest absolute Gasteiger partial charge is 0.319 e. The van der Waals surface area contributed by atoms with Crippen LogP contribution in [-0.2, 0) is 21.7 Å². The summed E-state index contributed by atoms with van der Waals surface area (Å²) in [6.45, 7) is 6.67. The molecule has 0 saturated heterocycles. The van der Waals surface area contributed by atoms with E-state index in [1.807, 2.05) is 13.8 Å². The zero-order chi connectivity index (χ0) is 13.1. The summed E-state index contributed by atoms with van der Waals surface area (Å²) in [6, 6.07) is 0. The fraction of sp³-hybridized carbons (Fsp3) is 0.429. The van der Waals surface area contributed by atoms with Crippen LogP contribution in [0.15, 0.2) is 23.7 Å². The molecule has 0 saturated carbocycles. The van der Waals surface area contributed by atoms with Crippen molar-refractivity contribution >= 4 is 11.6 Å². The van der Waals surface area contributed by atoms with E-state index in [1.165, 1.54) is 26.0 Å². The first kappa shape index (κ1) is 30.9. The van der Waals surface area contributed by atoms with E-state index < -0.39 is 0 Å². The first-order valence-electron chi connectivity index (χ1n) is 5.17. The van der Waals surface area contributed by atoms with E-state index in [4.69, 9.17) is 19.8 Å². The third-order valence-corrected chi connectivity index (χ3v) is 1.48. The van der Waals surface area contributed by atoms with Gasteiger partial charge in [0.1, 0.15) is 0 Å². The summed E-state index contributed by atoms with van der Waals surface area (Å²) < 4.78 is 0. The average molecular weight is 308 g/mol. The number of allylic oxidation sites excluding steroid dienone is 4. The molecule has 0 aromatic heterocycles. The van der Waals surface area contributed by atoms with Crippen molar-refractivity contribution in [3.8, 4) is 0 Å². The first-order chi connectivity index (χ1) is 7.33. The van der Waals surface area contributed by atoms with Gasteiger partial charge in [0.2, 0.25) is 0 Å². The fourth-order valence-corrected chi connectivity index (χ4v) is 0.686. The van der Waals surface area contributed by atoms with Gasteiger partial charge in [-0.15, -0.1) is 0 Å². The van der Waals surface area contributed by atoms with E-state index in [-0.39, 0.29) is 59.7 Å². The van der Waals surface area contributed by atoms with Crippen LogP contribution in [0.1, 0.15) is 40.5 Å². The molecule has 0 aromatic rings. The van der Waals surface area contributed by atoms with Crippen molar-refractivity contribution < 1.29 is 41.5 Å². The number of hydrogen-bond donors (Lipinski definition) is 2. The molecule has 0 amide bonds. The Morgan fingerprint density at radius 2 is 1.05 bits per heavy atom. The van der Waals surface area contributed by atoms with Crippen molar-refractivity contribution in [3.05, 3.63) is 38.5 Å². The zero-order valence-electron chi connectivity index (χ0n) is 12.9. The van der Waals surface area contributed by atoms with Gasteiger partial charge < -0.3 is 25.1 Å². The van der Waals surface area contributed by atoms with Gasteiger partial charge in [0, 0.05) is 21.7 Å². The van der Waals surface area contributed by atoms with Crippen molar-refractivity contribution in [2.45, 2.75) is 40.5 Å². The minimum absolute atomic E-state index is 0. The van der Waals surface area contributed by atoms with Crippen LogP contribution in [0.3, 0.4) is 0 Å². The predicted molar refractivity (Wildman–Crippen MR) is 80.1 cm³/mol. The number of carbonyl (C=O) groups excluding carboxylic acids is 2. The number of ketones is 2. The van der Waals surface area contributed by atoms with Gasteiger partial charge in [0.15, 0.2) is 0 Å². The SMILES string of the molecule is CCC(=[OH+])C=C(C)O.CCC(=[OH+])C=C(C)O.[CH3-].[CH3-].[Ti]. The van der Waals surface area contributed by atoms with Crippen molar-refractivity contribution in [3.63, 3.8) is 0 Å². The molecule has 0 aliphatic heterocycles. The molecule has 0 heterocycles. The largest absolute Gasteiger partial charge is 0.512 e. The standard InChI is InChI=1S/2C6H10O2.2CH3.Ti/c2*1-3-6(8)4-5(2)7;;;/h2*4,7H,3H2,1-2H3;2*1H3;/q;;2*-1;/p+2. The van der Waals surface area contributed by atoms with Crippen LogP contribution in [0.25, 0.3) is 0 Å². The van der Waals surface area contributed by atoms with Gasteiger partial charge in [-0.2, -0.15) is 0 Å². The summed E-state index contributed by atoms with van der Waals surface area (Å²) in [7, 11) is 0. The maximum Gasteiger partial charge on any atom is 0.319 e. The molecule has 0 atom stereocenters. The van der Waals surface area contributed by atoms with Crippen LogP contribution in [0.5, 0.6) is 0 Å². The Labute approximate surface area is 132 Å². The molecule has 0 fully saturated rings. The van der Waals surface area contributed by atoms with E-state index in [0.717, 1.165) is 0 Å². The molecule has 0 aliphatic rings. The third-order valence-electron chi connectivity index (χ3n) is 1.48. The molecule has 0 rings (SSSR count). The van der Waals surface area contributed by atoms with Gasteiger partial charge in [-0.3, -0.25) is 9.59 Å². The van der Waals surface area contributed by atoms with E-state index in [1.54, 1.807) is 0 Å². The number of aliphatic hydroxyl groups is 2. The first-order valence-corrected chi connectivity index (χ1v) is 5.17. The zero-order valence-corrected chi connectivity index (χ0v) is 14.4. The van der Waals surface area contributed by atoms with Crippen LogP contribution in [-0.4, -0.2) is 31.4 Å². The van der Waals surface area contributed by atoms with E-state index in [9.17, 15) is 0 Å². The van der Waals surface area contributed by atoms with Crippen LogP contribution in [0.4, 0.5) is 0 Å². The summed E-state index contributed by atoms with van der Waals surface area (Å²) in [4.78, 5) is 17.4. The van der Waals surface area contributed by atoms with Gasteiger partial charge in [-0.25, -0.2) is 0 Å². The van der Waals surface area contributed by atoms with E-state index in [2.05, 4.69) is 0 Å². The summed E-state index contributed by atoms with van der Waals surface area (Å²) in [6.07, 6.45) is 3.80. The molecule has 4 N–H and O–H groups in total. The third kappa shape index (κ3) is 31.7. The molecule has 0 aromatic carbocycles. The maximum atomic E-state index is 8.71. The molecule has 19 heavy (non-hydrogen) atoms. The second-order valence-electron chi connectivity index (χ2n) is 3.26. The topological polar surface area (TPSA) is 83.3 Å². The Morgan fingerprint density at radius 1 is 0.842 bits per heavy atom. The Kier molecular flexibility index (Phi) is 31.6. The van der Waals surface area contributed by atoms with E-state index in [0.29, 0.717) is 12.8 Å². The van der Waals surface area contributed by atoms with Crippen LogP contribution < -0.4 is 0 Å². The minimum Gasteiger partial charge on any atom is -0.512 e. The van der Waals surface area contributed by atoms with E-state index >= 15 is 0 Å². The average Bonchev–Trinajstić information content (AvgIpc) is 2.16. The molecule has 112 valence electrons. The van der Waals surface area contributed by atoms with Gasteiger partial charge >= 0.3 is 11.6 Å². The van der Waals surface area contributed by atoms with Crippen LogP contribution in [0, 0.1) is 14.9 Å². The molecule has 0 aliphatic carbocycles. The van der Waals surface area contributed by atoms with Crippen molar-refractivity contribution in [2.75, 3.05) is 0 Å².